The van der Waals surface area contributed by atoms with Crippen molar-refractivity contribution >= 4 is 41.3 Å². The number of aliphatic imine (C=N–C) groups is 1. The summed E-state index contributed by atoms with van der Waals surface area (Å²) in [6.45, 7) is -2.38. The van der Waals surface area contributed by atoms with E-state index in [2.05, 4.69) is 20.4 Å². The van der Waals surface area contributed by atoms with Gasteiger partial charge in [0.2, 0.25) is 0 Å². The van der Waals surface area contributed by atoms with Gasteiger partial charge < -0.3 is 15.4 Å². The zero-order valence-corrected chi connectivity index (χ0v) is 16.6. The second-order valence-corrected chi connectivity index (χ2v) is 5.81. The van der Waals surface area contributed by atoms with Crippen LogP contribution in [0.3, 0.4) is 0 Å². The minimum Gasteiger partial charge on any atom is -0.434 e. The highest BCUT2D eigenvalue weighted by Crippen LogP contribution is 2.23. The fourth-order valence-corrected chi connectivity index (χ4v) is 2.78. The van der Waals surface area contributed by atoms with Gasteiger partial charge in [0.1, 0.15) is 11.6 Å². The average Bonchev–Trinajstić information content (AvgIpc) is 3.05. The largest absolute Gasteiger partial charge is 0.434 e. The van der Waals surface area contributed by atoms with Crippen molar-refractivity contribution in [1.82, 2.24) is 10.6 Å². The molecule has 0 spiro atoms. The molecule has 0 aliphatic heterocycles. The van der Waals surface area contributed by atoms with Crippen molar-refractivity contribution in [3.05, 3.63) is 52.0 Å². The second-order valence-electron chi connectivity index (χ2n) is 4.78. The fourth-order valence-electron chi connectivity index (χ4n) is 2.07. The molecule has 2 aromatic rings. The van der Waals surface area contributed by atoms with Crippen LogP contribution in [0.25, 0.3) is 0 Å². The molecule has 1 heterocycles. The number of alkyl halides is 2. The summed E-state index contributed by atoms with van der Waals surface area (Å²) in [4.78, 5) is 5.26. The molecular weight excluding hydrogens is 466 g/mol. The number of rotatable bonds is 7. The Hall–Kier alpha value is -1.49. The highest BCUT2D eigenvalue weighted by molar-refractivity contribution is 14.0. The molecule has 0 bridgehead atoms. The molecular formula is C16H19F3IN3OS. The summed E-state index contributed by atoms with van der Waals surface area (Å²) in [5.74, 6) is -0.348. The molecule has 25 heavy (non-hydrogen) atoms. The van der Waals surface area contributed by atoms with E-state index >= 15 is 0 Å². The van der Waals surface area contributed by atoms with E-state index in [1.54, 1.807) is 18.4 Å². The Kier molecular flexibility index (Phi) is 9.65. The van der Waals surface area contributed by atoms with Crippen molar-refractivity contribution in [3.8, 4) is 5.75 Å². The number of halogens is 4. The van der Waals surface area contributed by atoms with Crippen LogP contribution in [0.1, 0.15) is 10.4 Å². The molecule has 1 aromatic heterocycles. The predicted molar refractivity (Wildman–Crippen MR) is 105 cm³/mol. The van der Waals surface area contributed by atoms with E-state index < -0.39 is 12.4 Å². The van der Waals surface area contributed by atoms with E-state index in [0.717, 1.165) is 6.42 Å². The van der Waals surface area contributed by atoms with Gasteiger partial charge in [-0.3, -0.25) is 4.99 Å². The minimum atomic E-state index is -3.01. The van der Waals surface area contributed by atoms with E-state index in [0.29, 0.717) is 12.5 Å². The lowest BCUT2D eigenvalue weighted by Gasteiger charge is -2.15. The summed E-state index contributed by atoms with van der Waals surface area (Å²) < 4.78 is 43.0. The van der Waals surface area contributed by atoms with Gasteiger partial charge in [0.25, 0.3) is 0 Å². The van der Waals surface area contributed by atoms with E-state index in [1.165, 1.54) is 23.1 Å². The van der Waals surface area contributed by atoms with Crippen molar-refractivity contribution in [2.24, 2.45) is 4.99 Å². The molecule has 0 aliphatic carbocycles. The molecule has 2 rings (SSSR count). The van der Waals surface area contributed by atoms with Crippen LogP contribution in [0.15, 0.2) is 40.7 Å². The summed E-state index contributed by atoms with van der Waals surface area (Å²) in [5, 5.41) is 7.99. The summed E-state index contributed by atoms with van der Waals surface area (Å²) >= 11 is 1.66. The first-order valence-electron chi connectivity index (χ1n) is 7.29. The molecule has 0 saturated heterocycles. The lowest BCUT2D eigenvalue weighted by Crippen LogP contribution is -2.38. The first kappa shape index (κ1) is 21.6. The monoisotopic (exact) mass is 485 g/mol. The van der Waals surface area contributed by atoms with Crippen LogP contribution >= 0.6 is 35.3 Å². The molecule has 0 fully saturated rings. The Labute approximate surface area is 165 Å². The number of nitrogens with zero attached hydrogens (tertiary/aromatic N) is 1. The Balaban J connectivity index is 0.00000312. The summed E-state index contributed by atoms with van der Waals surface area (Å²) in [5.41, 5.74) is 0.0269. The topological polar surface area (TPSA) is 45.7 Å². The zero-order valence-electron chi connectivity index (χ0n) is 13.5. The van der Waals surface area contributed by atoms with Crippen molar-refractivity contribution < 1.29 is 17.9 Å². The first-order chi connectivity index (χ1) is 11.6. The lowest BCUT2D eigenvalue weighted by molar-refractivity contribution is -0.0506. The van der Waals surface area contributed by atoms with Gasteiger partial charge in [-0.1, -0.05) is 12.1 Å². The van der Waals surface area contributed by atoms with E-state index in [1.807, 2.05) is 17.5 Å². The van der Waals surface area contributed by atoms with Crippen molar-refractivity contribution in [2.45, 2.75) is 19.6 Å². The Morgan fingerprint density at radius 2 is 2.04 bits per heavy atom. The van der Waals surface area contributed by atoms with Crippen molar-refractivity contribution in [2.75, 3.05) is 13.6 Å². The molecule has 0 aliphatic rings. The number of hydrogen-bond donors (Lipinski definition) is 2. The van der Waals surface area contributed by atoms with E-state index in [-0.39, 0.29) is 41.8 Å². The third-order valence-electron chi connectivity index (χ3n) is 3.19. The minimum absolute atomic E-state index is 0. The predicted octanol–water partition coefficient (Wildman–Crippen LogP) is 4.01. The second kappa shape index (κ2) is 11.2. The SMILES string of the molecule is CN=C(NCCc1cccs1)NCc1c(F)cccc1OC(F)F.I. The number of benzene rings is 1. The van der Waals surface area contributed by atoms with Crippen LogP contribution in [0.2, 0.25) is 0 Å². The van der Waals surface area contributed by atoms with Crippen LogP contribution in [-0.2, 0) is 13.0 Å². The molecule has 4 nitrogen and oxygen atoms in total. The maximum absolute atomic E-state index is 13.9. The van der Waals surface area contributed by atoms with Gasteiger partial charge in [0.05, 0.1) is 0 Å². The average molecular weight is 485 g/mol. The third-order valence-corrected chi connectivity index (χ3v) is 4.13. The summed E-state index contributed by atoms with van der Waals surface area (Å²) in [6.07, 6.45) is 0.831. The van der Waals surface area contributed by atoms with Gasteiger partial charge in [0.15, 0.2) is 5.96 Å². The Morgan fingerprint density at radius 1 is 1.24 bits per heavy atom. The lowest BCUT2D eigenvalue weighted by atomic mass is 10.2. The van der Waals surface area contributed by atoms with Crippen LogP contribution in [0.5, 0.6) is 5.75 Å². The summed E-state index contributed by atoms with van der Waals surface area (Å²) in [7, 11) is 1.58. The molecule has 0 atom stereocenters. The van der Waals surface area contributed by atoms with Crippen LogP contribution in [0, 0.1) is 5.82 Å². The molecule has 9 heteroatoms. The number of guanidine groups is 1. The molecule has 0 amide bonds. The molecule has 0 saturated carbocycles. The highest BCUT2D eigenvalue weighted by Gasteiger charge is 2.14. The number of nitrogens with one attached hydrogen (secondary N) is 2. The highest BCUT2D eigenvalue weighted by atomic mass is 127. The quantitative estimate of drug-likeness (QED) is 0.354. The van der Waals surface area contributed by atoms with E-state index in [9.17, 15) is 13.2 Å². The molecule has 1 aromatic carbocycles. The maximum Gasteiger partial charge on any atom is 0.387 e. The van der Waals surface area contributed by atoms with Gasteiger partial charge in [-0.05, 0) is 30.0 Å². The van der Waals surface area contributed by atoms with Gasteiger partial charge in [0, 0.05) is 30.6 Å². The smallest absolute Gasteiger partial charge is 0.387 e. The molecule has 0 radical (unpaired) electrons. The van der Waals surface area contributed by atoms with Crippen molar-refractivity contribution in [3.63, 3.8) is 0 Å². The van der Waals surface area contributed by atoms with Gasteiger partial charge in [-0.15, -0.1) is 35.3 Å². The molecule has 0 unspecified atom stereocenters. The Morgan fingerprint density at radius 3 is 2.68 bits per heavy atom. The molecule has 2 N–H and O–H groups in total. The van der Waals surface area contributed by atoms with Crippen LogP contribution < -0.4 is 15.4 Å². The van der Waals surface area contributed by atoms with E-state index in [4.69, 9.17) is 0 Å². The normalized spacial score (nSPS) is 11.2. The van der Waals surface area contributed by atoms with Gasteiger partial charge >= 0.3 is 6.61 Å². The molecule has 138 valence electrons. The van der Waals surface area contributed by atoms with Crippen LogP contribution in [-0.4, -0.2) is 26.2 Å². The Bertz CT molecular complexity index is 669. The van der Waals surface area contributed by atoms with Crippen LogP contribution in [0.4, 0.5) is 13.2 Å². The number of hydrogen-bond acceptors (Lipinski definition) is 3. The van der Waals surface area contributed by atoms with Crippen molar-refractivity contribution in [1.29, 1.82) is 0 Å². The first-order valence-corrected chi connectivity index (χ1v) is 8.17. The zero-order chi connectivity index (χ0) is 17.4. The standard InChI is InChI=1S/C16H18F3N3OS.HI/c1-20-16(21-8-7-11-4-3-9-24-11)22-10-12-13(17)5-2-6-14(12)23-15(18)19;/h2-6,9,15H,7-8,10H2,1H3,(H2,20,21,22);1H. The summed E-state index contributed by atoms with van der Waals surface area (Å²) in [6, 6.07) is 7.85. The fraction of sp³-hybridized carbons (Fsp3) is 0.312. The number of thiophene rings is 1. The number of ether oxygens (including phenoxy) is 1. The maximum atomic E-state index is 13.9. The van der Waals surface area contributed by atoms with Gasteiger partial charge in [-0.2, -0.15) is 8.78 Å². The van der Waals surface area contributed by atoms with Gasteiger partial charge in [-0.25, -0.2) is 4.39 Å². The third kappa shape index (κ3) is 7.10.